The molecule has 0 saturated carbocycles. The van der Waals surface area contributed by atoms with Crippen molar-refractivity contribution in [1.82, 2.24) is 4.57 Å². The van der Waals surface area contributed by atoms with Gasteiger partial charge in [0.1, 0.15) is 28.9 Å². The average Bonchev–Trinajstić information content (AvgIpc) is 3.35. The summed E-state index contributed by atoms with van der Waals surface area (Å²) >= 11 is 0. The van der Waals surface area contributed by atoms with Crippen LogP contribution < -0.4 is 30.0 Å². The molecule has 0 bridgehead atoms. The number of ether oxygens (including phenoxy) is 4. The Morgan fingerprint density at radius 2 is 1.61 bits per heavy atom. The smallest absolute Gasteiger partial charge is 0.336 e. The molecule has 0 fully saturated rings. The molecular formula is C31H29NO9. The number of aliphatic hydroxyl groups is 1. The molecule has 212 valence electrons. The van der Waals surface area contributed by atoms with Crippen LogP contribution in [-0.2, 0) is 7.05 Å². The average molecular weight is 560 g/mol. The zero-order valence-electron chi connectivity index (χ0n) is 23.4. The van der Waals surface area contributed by atoms with E-state index in [1.54, 1.807) is 55.8 Å². The van der Waals surface area contributed by atoms with Gasteiger partial charge in [0.15, 0.2) is 11.5 Å². The molecule has 5 aromatic rings. The minimum Gasteiger partial charge on any atom is -0.507 e. The number of pyridine rings is 1. The lowest BCUT2D eigenvalue weighted by Gasteiger charge is -2.32. The predicted octanol–water partition coefficient (Wildman–Crippen LogP) is 4.19. The first-order chi connectivity index (χ1) is 19.5. The highest BCUT2D eigenvalue weighted by Gasteiger charge is 2.48. The summed E-state index contributed by atoms with van der Waals surface area (Å²) in [5, 5.41) is 23.6. The van der Waals surface area contributed by atoms with Crippen LogP contribution in [0.15, 0.2) is 56.5 Å². The first kappa shape index (κ1) is 26.5. The molecule has 0 radical (unpaired) electrons. The Labute approximate surface area is 233 Å². The Morgan fingerprint density at radius 3 is 2.27 bits per heavy atom. The Balaban J connectivity index is 1.86. The summed E-state index contributed by atoms with van der Waals surface area (Å²) in [6.45, 7) is 3.23. The molecule has 3 aromatic carbocycles. The maximum absolute atomic E-state index is 14.0. The molecule has 2 atom stereocenters. The van der Waals surface area contributed by atoms with Crippen LogP contribution in [0.4, 0.5) is 0 Å². The van der Waals surface area contributed by atoms with Gasteiger partial charge in [0.25, 0.3) is 0 Å². The lowest BCUT2D eigenvalue weighted by molar-refractivity contribution is -0.0296. The highest BCUT2D eigenvalue weighted by molar-refractivity contribution is 6.02. The van der Waals surface area contributed by atoms with Crippen LogP contribution >= 0.6 is 0 Å². The van der Waals surface area contributed by atoms with E-state index in [2.05, 4.69) is 0 Å². The number of benzene rings is 3. The zero-order valence-corrected chi connectivity index (χ0v) is 23.4. The quantitative estimate of drug-likeness (QED) is 0.240. The lowest BCUT2D eigenvalue weighted by atomic mass is 9.79. The second kappa shape index (κ2) is 9.17. The van der Waals surface area contributed by atoms with Crippen molar-refractivity contribution >= 4 is 32.8 Å². The maximum Gasteiger partial charge on any atom is 0.336 e. The highest BCUT2D eigenvalue weighted by atomic mass is 16.5. The Bertz CT molecular complexity index is 2000. The van der Waals surface area contributed by atoms with Gasteiger partial charge < -0.3 is 38.1 Å². The zero-order chi connectivity index (χ0) is 29.4. The topological polar surface area (TPSA) is 130 Å². The number of methoxy groups -OCH3 is 3. The molecular weight excluding hydrogens is 530 g/mol. The predicted molar refractivity (Wildman–Crippen MR) is 153 cm³/mol. The summed E-state index contributed by atoms with van der Waals surface area (Å²) in [6, 6.07) is 11.2. The monoisotopic (exact) mass is 559 g/mol. The van der Waals surface area contributed by atoms with E-state index in [4.69, 9.17) is 23.4 Å². The fourth-order valence-electron chi connectivity index (χ4n) is 6.10. The van der Waals surface area contributed by atoms with Crippen LogP contribution in [-0.4, -0.2) is 47.8 Å². The molecule has 0 saturated heterocycles. The van der Waals surface area contributed by atoms with Crippen molar-refractivity contribution in [2.45, 2.75) is 31.5 Å². The fourth-order valence-corrected chi connectivity index (χ4v) is 6.10. The summed E-state index contributed by atoms with van der Waals surface area (Å²) in [4.78, 5) is 26.4. The molecule has 0 unspecified atom stereocenters. The summed E-state index contributed by atoms with van der Waals surface area (Å²) in [7, 11) is 6.18. The van der Waals surface area contributed by atoms with Crippen molar-refractivity contribution in [2.75, 3.05) is 21.3 Å². The van der Waals surface area contributed by atoms with Crippen LogP contribution in [0, 0.1) is 0 Å². The number of nitrogens with zero attached hydrogens (tertiary/aromatic N) is 1. The molecule has 0 spiro atoms. The summed E-state index contributed by atoms with van der Waals surface area (Å²) in [5.74, 6) is 0.339. The van der Waals surface area contributed by atoms with Crippen molar-refractivity contribution in [3.8, 4) is 28.7 Å². The van der Waals surface area contributed by atoms with E-state index in [-0.39, 0.29) is 16.9 Å². The van der Waals surface area contributed by atoms with Crippen molar-refractivity contribution in [1.29, 1.82) is 0 Å². The van der Waals surface area contributed by atoms with Crippen LogP contribution in [0.3, 0.4) is 0 Å². The van der Waals surface area contributed by atoms with Gasteiger partial charge in [-0.2, -0.15) is 0 Å². The molecule has 0 amide bonds. The van der Waals surface area contributed by atoms with Gasteiger partial charge in [-0.15, -0.1) is 0 Å². The highest BCUT2D eigenvalue weighted by Crippen LogP contribution is 2.53. The van der Waals surface area contributed by atoms with Crippen molar-refractivity contribution in [3.05, 3.63) is 74.2 Å². The number of aromatic hydroxyl groups is 1. The molecule has 3 heterocycles. The van der Waals surface area contributed by atoms with E-state index in [9.17, 15) is 19.8 Å². The second-order valence-corrected chi connectivity index (χ2v) is 10.6. The van der Waals surface area contributed by atoms with Gasteiger partial charge in [-0.1, -0.05) is 0 Å². The van der Waals surface area contributed by atoms with Gasteiger partial charge in [-0.05, 0) is 44.2 Å². The number of phenolic OH excluding ortho intramolecular Hbond substituents is 1. The van der Waals surface area contributed by atoms with E-state index in [0.717, 1.165) is 0 Å². The molecule has 10 heteroatoms. The van der Waals surface area contributed by atoms with Gasteiger partial charge in [-0.25, -0.2) is 4.79 Å². The van der Waals surface area contributed by atoms with Gasteiger partial charge in [0, 0.05) is 35.7 Å². The number of aryl methyl sites for hydroxylation is 1. The van der Waals surface area contributed by atoms with Crippen LogP contribution in [0.1, 0.15) is 30.9 Å². The van der Waals surface area contributed by atoms with E-state index >= 15 is 0 Å². The number of hydrogen-bond acceptors (Lipinski definition) is 9. The molecule has 10 nitrogen and oxygen atoms in total. The number of rotatable bonds is 5. The third kappa shape index (κ3) is 3.74. The minimum absolute atomic E-state index is 0.0488. The lowest BCUT2D eigenvalue weighted by Crippen LogP contribution is -2.42. The number of hydrogen-bond donors (Lipinski definition) is 2. The number of aromatic nitrogens is 1. The molecule has 0 aliphatic carbocycles. The SMILES string of the molecule is COc1ccc2c(=O)c3c(O)cc(OC)c([C@@H]4c5c(ccc6ccc(=O)oc56)O[C@H]4C(C)(C)O)c3n(C)c2c1OC. The molecule has 2 N–H and O–H groups in total. The van der Waals surface area contributed by atoms with Gasteiger partial charge in [0.2, 0.25) is 5.43 Å². The van der Waals surface area contributed by atoms with E-state index in [1.165, 1.54) is 33.5 Å². The number of phenols is 1. The Kier molecular flexibility index (Phi) is 5.93. The van der Waals surface area contributed by atoms with E-state index in [0.29, 0.717) is 55.8 Å². The largest absolute Gasteiger partial charge is 0.507 e. The van der Waals surface area contributed by atoms with Crippen LogP contribution in [0.2, 0.25) is 0 Å². The van der Waals surface area contributed by atoms with Crippen LogP contribution in [0.5, 0.6) is 28.7 Å². The first-order valence-electron chi connectivity index (χ1n) is 12.9. The summed E-state index contributed by atoms with van der Waals surface area (Å²) in [6.07, 6.45) is -0.895. The Hall–Kier alpha value is -4.70. The summed E-state index contributed by atoms with van der Waals surface area (Å²) < 4.78 is 30.8. The minimum atomic E-state index is -1.41. The second-order valence-electron chi connectivity index (χ2n) is 10.6. The normalized spacial score (nSPS) is 16.7. The molecule has 6 rings (SSSR count). The van der Waals surface area contributed by atoms with E-state index < -0.39 is 28.7 Å². The summed E-state index contributed by atoms with van der Waals surface area (Å²) in [5.41, 5.74) is -0.359. The van der Waals surface area contributed by atoms with Crippen molar-refractivity contribution in [3.63, 3.8) is 0 Å². The molecule has 1 aliphatic rings. The van der Waals surface area contributed by atoms with Gasteiger partial charge in [-0.3, -0.25) is 4.79 Å². The molecule has 2 aromatic heterocycles. The number of fused-ring (bicyclic) bond motifs is 5. The first-order valence-corrected chi connectivity index (χ1v) is 12.9. The third-order valence-electron chi connectivity index (χ3n) is 7.83. The molecule has 41 heavy (non-hydrogen) atoms. The molecule has 1 aliphatic heterocycles. The maximum atomic E-state index is 14.0. The van der Waals surface area contributed by atoms with Crippen molar-refractivity contribution < 1.29 is 33.6 Å². The fraction of sp³-hybridized carbons (Fsp3) is 0.290. The Morgan fingerprint density at radius 1 is 0.902 bits per heavy atom. The van der Waals surface area contributed by atoms with Gasteiger partial charge >= 0.3 is 5.63 Å². The van der Waals surface area contributed by atoms with Crippen molar-refractivity contribution in [2.24, 2.45) is 7.05 Å². The third-order valence-corrected chi connectivity index (χ3v) is 7.83. The van der Waals surface area contributed by atoms with Crippen LogP contribution in [0.25, 0.3) is 32.8 Å². The van der Waals surface area contributed by atoms with E-state index in [1.807, 2.05) is 0 Å². The van der Waals surface area contributed by atoms with Gasteiger partial charge in [0.05, 0.1) is 54.7 Å². The standard InChI is InChI=1S/C31H29NO9/c1-31(2,36)30-24(23-17(40-30)10-7-14-8-12-20(34)41-28(14)23)22-19(38-5)13-16(33)21-26(22)32(3)25-15(27(21)35)9-11-18(37-4)29(25)39-6/h7-13,24,30,33,36H,1-6H3/t24-,30-/m1/s1.